The maximum absolute atomic E-state index is 2.36. The lowest BCUT2D eigenvalue weighted by Crippen LogP contribution is -2.04. The highest BCUT2D eigenvalue weighted by atomic mass is 14.2. The number of rotatable bonds is 0. The van der Waals surface area contributed by atoms with Crippen molar-refractivity contribution in [1.82, 2.24) is 0 Å². The highest BCUT2D eigenvalue weighted by Crippen LogP contribution is 2.31. The Bertz CT molecular complexity index is 1130. The Balaban J connectivity index is 0.000000143. The van der Waals surface area contributed by atoms with Crippen molar-refractivity contribution in [3.05, 3.63) is 101 Å². The van der Waals surface area contributed by atoms with Gasteiger partial charge in [0, 0.05) is 0 Å². The minimum absolute atomic E-state index is 0.674. The first-order valence-corrected chi connectivity index (χ1v) is 9.77. The summed E-state index contributed by atoms with van der Waals surface area (Å²) in [5, 5.41) is 5.48. The fourth-order valence-electron chi connectivity index (χ4n) is 4.08. The zero-order valence-electron chi connectivity index (χ0n) is 16.4. The van der Waals surface area contributed by atoms with E-state index in [1.54, 1.807) is 0 Å². The molecule has 1 aliphatic carbocycles. The molecule has 1 atom stereocenters. The molecule has 0 spiro atoms. The Morgan fingerprint density at radius 1 is 0.704 bits per heavy atom. The molecule has 4 aromatic carbocycles. The van der Waals surface area contributed by atoms with Crippen LogP contribution in [0.1, 0.15) is 29.2 Å². The van der Waals surface area contributed by atoms with E-state index in [1.165, 1.54) is 50.2 Å². The average molecular weight is 351 g/mol. The lowest BCUT2D eigenvalue weighted by Gasteiger charge is -2.19. The van der Waals surface area contributed by atoms with Crippen LogP contribution in [0, 0.1) is 19.8 Å². The highest BCUT2D eigenvalue weighted by molar-refractivity contribution is 5.94. The van der Waals surface area contributed by atoms with Gasteiger partial charge in [-0.15, -0.1) is 0 Å². The van der Waals surface area contributed by atoms with Crippen LogP contribution < -0.4 is 0 Å². The van der Waals surface area contributed by atoms with E-state index in [0.29, 0.717) is 5.92 Å². The van der Waals surface area contributed by atoms with E-state index < -0.39 is 0 Å². The first kappa shape index (κ1) is 17.5. The molecule has 4 aromatic rings. The Hall–Kier alpha value is -2.86. The first-order chi connectivity index (χ1) is 13.1. The van der Waals surface area contributed by atoms with E-state index in [-0.39, 0.29) is 0 Å². The smallest absolute Gasteiger partial charge is 0.0106 e. The van der Waals surface area contributed by atoms with Crippen LogP contribution in [0.25, 0.3) is 27.6 Å². The summed E-state index contributed by atoms with van der Waals surface area (Å²) in [5.41, 5.74) is 5.69. The molecule has 0 saturated heterocycles. The zero-order chi connectivity index (χ0) is 18.8. The van der Waals surface area contributed by atoms with Crippen LogP contribution >= 0.6 is 0 Å². The van der Waals surface area contributed by atoms with Crippen LogP contribution in [0.2, 0.25) is 0 Å². The number of hydrogen-bond acceptors (Lipinski definition) is 0. The number of allylic oxidation sites excluding steroid dienone is 1. The van der Waals surface area contributed by atoms with Gasteiger partial charge in [-0.05, 0) is 70.0 Å². The molecule has 1 unspecified atom stereocenters. The third-order valence-corrected chi connectivity index (χ3v) is 5.52. The predicted octanol–water partition coefficient (Wildman–Crippen LogP) is 7.50. The number of aryl methyl sites for hydroxylation is 2. The van der Waals surface area contributed by atoms with E-state index in [1.807, 2.05) is 0 Å². The molecule has 0 aliphatic heterocycles. The van der Waals surface area contributed by atoms with Gasteiger partial charge in [0.15, 0.2) is 0 Å². The van der Waals surface area contributed by atoms with Gasteiger partial charge in [-0.25, -0.2) is 0 Å². The van der Waals surface area contributed by atoms with Crippen molar-refractivity contribution in [2.45, 2.75) is 27.2 Å². The first-order valence-electron chi connectivity index (χ1n) is 9.77. The molecule has 0 radical (unpaired) electrons. The maximum atomic E-state index is 2.36. The summed E-state index contributed by atoms with van der Waals surface area (Å²) in [4.78, 5) is 0. The lowest BCUT2D eigenvalue weighted by molar-refractivity contribution is 0.718. The van der Waals surface area contributed by atoms with Crippen LogP contribution in [-0.4, -0.2) is 0 Å². The molecular weight excluding hydrogens is 324 g/mol. The standard InChI is InChI=1S/C16H16.C11H10/c1-11-7-8-15-13(9-11)10-12(2)14-5-3-4-6-16(14)15;1-9-5-4-7-10-6-2-3-8-11(9)10/h3-8,10-11H,9H2,1-2H3;2-8H,1H3. The molecule has 0 bridgehead atoms. The minimum atomic E-state index is 0.674. The van der Waals surface area contributed by atoms with Crippen molar-refractivity contribution in [1.29, 1.82) is 0 Å². The van der Waals surface area contributed by atoms with Gasteiger partial charge in [0.1, 0.15) is 0 Å². The van der Waals surface area contributed by atoms with Gasteiger partial charge in [0.25, 0.3) is 0 Å². The second-order valence-electron chi connectivity index (χ2n) is 7.65. The van der Waals surface area contributed by atoms with E-state index >= 15 is 0 Å². The molecule has 0 amide bonds. The fourth-order valence-corrected chi connectivity index (χ4v) is 4.08. The molecule has 0 heteroatoms. The van der Waals surface area contributed by atoms with Crippen LogP contribution in [0.3, 0.4) is 0 Å². The summed E-state index contributed by atoms with van der Waals surface area (Å²) < 4.78 is 0. The monoisotopic (exact) mass is 350 g/mol. The average Bonchev–Trinajstić information content (AvgIpc) is 2.69. The molecule has 0 heterocycles. The number of fused-ring (bicyclic) bond motifs is 4. The SMILES string of the molecule is Cc1cc2c(c3ccccc13)C=CC(C)C2.Cc1cccc2ccccc12. The van der Waals surface area contributed by atoms with Gasteiger partial charge in [-0.1, -0.05) is 91.9 Å². The van der Waals surface area contributed by atoms with Gasteiger partial charge in [0.05, 0.1) is 0 Å². The van der Waals surface area contributed by atoms with Gasteiger partial charge >= 0.3 is 0 Å². The molecule has 0 saturated carbocycles. The van der Waals surface area contributed by atoms with Crippen LogP contribution in [-0.2, 0) is 6.42 Å². The molecule has 0 fully saturated rings. The second kappa shape index (κ2) is 7.40. The molecule has 0 nitrogen and oxygen atoms in total. The van der Waals surface area contributed by atoms with Crippen LogP contribution in [0.5, 0.6) is 0 Å². The highest BCUT2D eigenvalue weighted by Gasteiger charge is 2.13. The van der Waals surface area contributed by atoms with E-state index in [9.17, 15) is 0 Å². The topological polar surface area (TPSA) is 0 Å². The van der Waals surface area contributed by atoms with Crippen LogP contribution in [0.4, 0.5) is 0 Å². The van der Waals surface area contributed by atoms with Crippen molar-refractivity contribution >= 4 is 27.6 Å². The lowest BCUT2D eigenvalue weighted by atomic mass is 9.86. The second-order valence-corrected chi connectivity index (χ2v) is 7.65. The Morgan fingerprint density at radius 2 is 1.37 bits per heavy atom. The molecule has 1 aliphatic rings. The fraction of sp³-hybridized carbons (Fsp3) is 0.185. The quantitative estimate of drug-likeness (QED) is 0.308. The third kappa shape index (κ3) is 3.53. The Morgan fingerprint density at radius 3 is 2.15 bits per heavy atom. The van der Waals surface area contributed by atoms with E-state index in [2.05, 4.69) is 106 Å². The van der Waals surface area contributed by atoms with Crippen molar-refractivity contribution in [2.75, 3.05) is 0 Å². The van der Waals surface area contributed by atoms with Crippen molar-refractivity contribution in [3.63, 3.8) is 0 Å². The normalized spacial score (nSPS) is 15.3. The summed E-state index contributed by atoms with van der Waals surface area (Å²) in [6.07, 6.45) is 5.80. The predicted molar refractivity (Wildman–Crippen MR) is 119 cm³/mol. The molecule has 27 heavy (non-hydrogen) atoms. The van der Waals surface area contributed by atoms with Crippen molar-refractivity contribution < 1.29 is 0 Å². The van der Waals surface area contributed by atoms with E-state index in [0.717, 1.165) is 0 Å². The Kier molecular flexibility index (Phi) is 4.81. The van der Waals surface area contributed by atoms with Gasteiger partial charge in [-0.2, -0.15) is 0 Å². The summed E-state index contributed by atoms with van der Waals surface area (Å²) in [6, 6.07) is 25.9. The molecular formula is C27H26. The van der Waals surface area contributed by atoms with Gasteiger partial charge in [-0.3, -0.25) is 0 Å². The minimum Gasteiger partial charge on any atom is -0.0807 e. The molecule has 134 valence electrons. The van der Waals surface area contributed by atoms with Crippen molar-refractivity contribution in [3.8, 4) is 0 Å². The van der Waals surface area contributed by atoms with Gasteiger partial charge in [0.2, 0.25) is 0 Å². The van der Waals surface area contributed by atoms with Gasteiger partial charge < -0.3 is 0 Å². The van der Waals surface area contributed by atoms with E-state index in [4.69, 9.17) is 0 Å². The third-order valence-electron chi connectivity index (χ3n) is 5.52. The van der Waals surface area contributed by atoms with Crippen LogP contribution in [0.15, 0.2) is 78.9 Å². The number of hydrogen-bond donors (Lipinski definition) is 0. The largest absolute Gasteiger partial charge is 0.0807 e. The maximum Gasteiger partial charge on any atom is -0.0106 e. The van der Waals surface area contributed by atoms with Crippen molar-refractivity contribution in [2.24, 2.45) is 5.92 Å². The molecule has 0 aromatic heterocycles. The Labute approximate surface area is 162 Å². The molecule has 5 rings (SSSR count). The molecule has 0 N–H and O–H groups in total. The summed E-state index contributed by atoms with van der Waals surface area (Å²) in [5.74, 6) is 0.674. The number of benzene rings is 4. The summed E-state index contributed by atoms with van der Waals surface area (Å²) >= 11 is 0. The summed E-state index contributed by atoms with van der Waals surface area (Å²) in [7, 11) is 0. The summed E-state index contributed by atoms with van der Waals surface area (Å²) in [6.45, 7) is 6.64. The zero-order valence-corrected chi connectivity index (χ0v) is 16.4.